The lowest BCUT2D eigenvalue weighted by molar-refractivity contribution is -0.136. The molecule has 116 valence electrons. The van der Waals surface area contributed by atoms with Crippen molar-refractivity contribution in [1.29, 1.82) is 0 Å². The third-order valence-corrected chi connectivity index (χ3v) is 3.08. The van der Waals surface area contributed by atoms with Gasteiger partial charge < -0.3 is 14.8 Å². The van der Waals surface area contributed by atoms with E-state index >= 15 is 0 Å². The Balaban J connectivity index is 2.16. The molecule has 5 heteroatoms. The van der Waals surface area contributed by atoms with Crippen LogP contribution in [0.1, 0.15) is 19.4 Å². The first-order chi connectivity index (χ1) is 10.5. The predicted molar refractivity (Wildman–Crippen MR) is 84.2 cm³/mol. The van der Waals surface area contributed by atoms with Gasteiger partial charge in [0.1, 0.15) is 5.75 Å². The van der Waals surface area contributed by atoms with Crippen LogP contribution >= 0.6 is 0 Å². The molecule has 2 aromatic rings. The minimum absolute atomic E-state index is 0.244. The van der Waals surface area contributed by atoms with E-state index in [1.807, 2.05) is 24.3 Å². The molecule has 0 fully saturated rings. The number of benzene rings is 1. The van der Waals surface area contributed by atoms with Crippen LogP contribution in [0.4, 0.5) is 0 Å². The second-order valence-electron chi connectivity index (χ2n) is 5.53. The molecule has 0 saturated carbocycles. The molecule has 0 aliphatic heterocycles. The van der Waals surface area contributed by atoms with Crippen LogP contribution in [0.2, 0.25) is 0 Å². The van der Waals surface area contributed by atoms with Gasteiger partial charge in [0.2, 0.25) is 0 Å². The van der Waals surface area contributed by atoms with Crippen LogP contribution in [0, 0.1) is 5.92 Å². The first kappa shape index (κ1) is 15.8. The molecule has 2 rings (SSSR count). The maximum absolute atomic E-state index is 11.8. The molecule has 0 atom stereocenters. The van der Waals surface area contributed by atoms with Gasteiger partial charge in [0, 0.05) is 11.3 Å². The molecule has 1 heterocycles. The number of pyridine rings is 1. The lowest BCUT2D eigenvalue weighted by atomic mass is 10.1. The Hall–Kier alpha value is -2.56. The van der Waals surface area contributed by atoms with E-state index in [1.165, 1.54) is 0 Å². The molecule has 2 N–H and O–H groups in total. The SMILES string of the molecule is CC(C)COc1ccc(-c2ccc(CC(=O)O)c(=O)[nH]2)cc1. The number of carbonyl (C=O) groups is 1. The van der Waals surface area contributed by atoms with Gasteiger partial charge in [-0.1, -0.05) is 19.9 Å². The summed E-state index contributed by atoms with van der Waals surface area (Å²) in [5, 5.41) is 8.73. The number of aromatic nitrogens is 1. The molecule has 22 heavy (non-hydrogen) atoms. The lowest BCUT2D eigenvalue weighted by Crippen LogP contribution is -2.16. The molecule has 0 amide bonds. The maximum Gasteiger partial charge on any atom is 0.308 e. The second-order valence-corrected chi connectivity index (χ2v) is 5.53. The van der Waals surface area contributed by atoms with Crippen LogP contribution in [0.3, 0.4) is 0 Å². The summed E-state index contributed by atoms with van der Waals surface area (Å²) in [7, 11) is 0. The third-order valence-electron chi connectivity index (χ3n) is 3.08. The quantitative estimate of drug-likeness (QED) is 0.859. The fourth-order valence-electron chi connectivity index (χ4n) is 1.97. The molecule has 0 aliphatic rings. The normalized spacial score (nSPS) is 10.7. The molecule has 1 aromatic carbocycles. The molecule has 1 aromatic heterocycles. The summed E-state index contributed by atoms with van der Waals surface area (Å²) in [6.07, 6.45) is -0.280. The van der Waals surface area contributed by atoms with E-state index in [9.17, 15) is 9.59 Å². The topological polar surface area (TPSA) is 79.4 Å². The minimum Gasteiger partial charge on any atom is -0.493 e. The zero-order valence-electron chi connectivity index (χ0n) is 12.6. The van der Waals surface area contributed by atoms with Crippen molar-refractivity contribution in [1.82, 2.24) is 4.98 Å². The Morgan fingerprint density at radius 3 is 2.41 bits per heavy atom. The van der Waals surface area contributed by atoms with Crippen LogP contribution in [-0.2, 0) is 11.2 Å². The smallest absolute Gasteiger partial charge is 0.308 e. The van der Waals surface area contributed by atoms with Crippen molar-refractivity contribution in [3.05, 3.63) is 52.3 Å². The van der Waals surface area contributed by atoms with Crippen molar-refractivity contribution in [3.8, 4) is 17.0 Å². The average Bonchev–Trinajstić information content (AvgIpc) is 2.47. The van der Waals surface area contributed by atoms with Crippen molar-refractivity contribution < 1.29 is 14.6 Å². The number of carboxylic acid groups (broad SMARTS) is 1. The summed E-state index contributed by atoms with van der Waals surface area (Å²) in [6, 6.07) is 10.7. The highest BCUT2D eigenvalue weighted by Gasteiger charge is 2.07. The summed E-state index contributed by atoms with van der Waals surface area (Å²) < 4.78 is 5.61. The molecule has 0 saturated heterocycles. The van der Waals surface area contributed by atoms with E-state index < -0.39 is 5.97 Å². The molecule has 0 spiro atoms. The molecule has 0 unspecified atom stereocenters. The summed E-state index contributed by atoms with van der Waals surface area (Å²) in [5.41, 5.74) is 1.36. The number of aliphatic carboxylic acids is 1. The van der Waals surface area contributed by atoms with Crippen LogP contribution < -0.4 is 10.3 Å². The highest BCUT2D eigenvalue weighted by atomic mass is 16.5. The van der Waals surface area contributed by atoms with Gasteiger partial charge in [0.05, 0.1) is 13.0 Å². The van der Waals surface area contributed by atoms with Crippen molar-refractivity contribution >= 4 is 5.97 Å². The van der Waals surface area contributed by atoms with Crippen molar-refractivity contribution in [2.24, 2.45) is 5.92 Å². The Morgan fingerprint density at radius 1 is 1.18 bits per heavy atom. The predicted octanol–water partition coefficient (Wildman–Crippen LogP) is 2.70. The van der Waals surface area contributed by atoms with Gasteiger partial charge >= 0.3 is 5.97 Å². The number of H-pyrrole nitrogens is 1. The fourth-order valence-corrected chi connectivity index (χ4v) is 1.97. The van der Waals surface area contributed by atoms with Gasteiger partial charge in [-0.05, 0) is 41.8 Å². The standard InChI is InChI=1S/C17H19NO4/c1-11(2)10-22-14-6-3-12(4-7-14)15-8-5-13(9-16(19)20)17(21)18-15/h3-8,11H,9-10H2,1-2H3,(H,18,21)(H,19,20). The van der Waals surface area contributed by atoms with Crippen LogP contribution in [0.15, 0.2) is 41.2 Å². The van der Waals surface area contributed by atoms with E-state index in [2.05, 4.69) is 18.8 Å². The van der Waals surface area contributed by atoms with Gasteiger partial charge in [0.25, 0.3) is 5.56 Å². The number of hydrogen-bond donors (Lipinski definition) is 2. The highest BCUT2D eigenvalue weighted by molar-refractivity contribution is 5.70. The summed E-state index contributed by atoms with van der Waals surface area (Å²) >= 11 is 0. The fraction of sp³-hybridized carbons (Fsp3) is 0.294. The number of nitrogens with one attached hydrogen (secondary N) is 1. The largest absolute Gasteiger partial charge is 0.493 e. The zero-order valence-corrected chi connectivity index (χ0v) is 12.6. The number of aromatic amines is 1. The number of ether oxygens (including phenoxy) is 1. The second kappa shape index (κ2) is 6.93. The van der Waals surface area contributed by atoms with E-state index in [-0.39, 0.29) is 17.5 Å². The third kappa shape index (κ3) is 4.22. The highest BCUT2D eigenvalue weighted by Crippen LogP contribution is 2.20. The Kier molecular flexibility index (Phi) is 4.99. The van der Waals surface area contributed by atoms with E-state index in [0.29, 0.717) is 18.2 Å². The lowest BCUT2D eigenvalue weighted by Gasteiger charge is -2.09. The van der Waals surface area contributed by atoms with Crippen LogP contribution in [-0.4, -0.2) is 22.7 Å². The van der Waals surface area contributed by atoms with Crippen molar-refractivity contribution in [3.63, 3.8) is 0 Å². The van der Waals surface area contributed by atoms with E-state index in [0.717, 1.165) is 11.3 Å². The number of rotatable bonds is 6. The van der Waals surface area contributed by atoms with Crippen molar-refractivity contribution in [2.45, 2.75) is 20.3 Å². The number of hydrogen-bond acceptors (Lipinski definition) is 3. The average molecular weight is 301 g/mol. The van der Waals surface area contributed by atoms with Gasteiger partial charge in [-0.2, -0.15) is 0 Å². The Labute approximate surface area is 128 Å². The van der Waals surface area contributed by atoms with Gasteiger partial charge in [0.15, 0.2) is 0 Å². The molecule has 0 aliphatic carbocycles. The molecular weight excluding hydrogens is 282 g/mol. The van der Waals surface area contributed by atoms with E-state index in [1.54, 1.807) is 12.1 Å². The summed E-state index contributed by atoms with van der Waals surface area (Å²) in [6.45, 7) is 4.82. The van der Waals surface area contributed by atoms with Gasteiger partial charge in [-0.3, -0.25) is 9.59 Å². The van der Waals surface area contributed by atoms with Gasteiger partial charge in [-0.15, -0.1) is 0 Å². The van der Waals surface area contributed by atoms with Crippen LogP contribution in [0.25, 0.3) is 11.3 Å². The minimum atomic E-state index is -1.02. The summed E-state index contributed by atoms with van der Waals surface area (Å²) in [5.74, 6) is 0.213. The zero-order chi connectivity index (χ0) is 16.1. The van der Waals surface area contributed by atoms with Crippen LogP contribution in [0.5, 0.6) is 5.75 Å². The van der Waals surface area contributed by atoms with E-state index in [4.69, 9.17) is 9.84 Å². The maximum atomic E-state index is 11.8. The first-order valence-electron chi connectivity index (χ1n) is 7.13. The number of carboxylic acids is 1. The molecule has 0 radical (unpaired) electrons. The Morgan fingerprint density at radius 2 is 1.86 bits per heavy atom. The molecule has 0 bridgehead atoms. The first-order valence-corrected chi connectivity index (χ1v) is 7.13. The molecular formula is C17H19NO4. The van der Waals surface area contributed by atoms with Gasteiger partial charge in [-0.25, -0.2) is 0 Å². The summed E-state index contributed by atoms with van der Waals surface area (Å²) in [4.78, 5) is 25.2. The monoisotopic (exact) mass is 301 g/mol. The Bertz CT molecular complexity index is 701. The molecule has 5 nitrogen and oxygen atoms in total. The van der Waals surface area contributed by atoms with Crippen molar-refractivity contribution in [2.75, 3.05) is 6.61 Å².